The number of rotatable bonds is 5. The number of halogens is 6. The Kier molecular flexibility index (Phi) is 6.89. The van der Waals surface area contributed by atoms with E-state index in [2.05, 4.69) is 5.32 Å². The Morgan fingerprint density at radius 3 is 2.48 bits per heavy atom. The van der Waals surface area contributed by atoms with Crippen molar-refractivity contribution in [2.75, 3.05) is 31.6 Å². The Hall–Kier alpha value is -3.21. The lowest BCUT2D eigenvalue weighted by Gasteiger charge is -2.27. The van der Waals surface area contributed by atoms with E-state index in [-0.39, 0.29) is 13.1 Å². The molecule has 2 amide bonds. The molecule has 1 saturated heterocycles. The summed E-state index contributed by atoms with van der Waals surface area (Å²) in [5, 5.41) is 19.8. The Morgan fingerprint density at radius 2 is 1.97 bits per heavy atom. The van der Waals surface area contributed by atoms with Gasteiger partial charge in [0, 0.05) is 25.8 Å². The molecular formula is C17H16F6N4O4. The fourth-order valence-corrected chi connectivity index (χ4v) is 2.79. The van der Waals surface area contributed by atoms with Gasteiger partial charge in [0.15, 0.2) is 6.10 Å². The molecule has 2 atom stereocenters. The van der Waals surface area contributed by atoms with Crippen molar-refractivity contribution in [3.8, 4) is 6.07 Å². The van der Waals surface area contributed by atoms with Crippen LogP contribution in [0.1, 0.15) is 11.1 Å². The zero-order valence-corrected chi connectivity index (χ0v) is 15.8. The topological polar surface area (TPSA) is 106 Å². The zero-order valence-electron chi connectivity index (χ0n) is 15.8. The first kappa shape index (κ1) is 24.1. The van der Waals surface area contributed by atoms with Gasteiger partial charge < -0.3 is 25.0 Å². The SMILES string of the molecule is CN(CCNC(=O)[C@@H]1CN(c2ccc(C#N)c(C(F)(F)F)c2)[C@@H](C(F)(F)F)O1)C(=O)O. The van der Waals surface area contributed by atoms with E-state index in [1.54, 1.807) is 0 Å². The molecule has 0 bridgehead atoms. The highest BCUT2D eigenvalue weighted by Crippen LogP contribution is 2.39. The molecule has 0 unspecified atom stereocenters. The summed E-state index contributed by atoms with van der Waals surface area (Å²) >= 11 is 0. The number of nitriles is 1. The van der Waals surface area contributed by atoms with E-state index in [0.717, 1.165) is 17.0 Å². The van der Waals surface area contributed by atoms with Crippen molar-refractivity contribution in [3.63, 3.8) is 0 Å². The fraction of sp³-hybridized carbons (Fsp3) is 0.471. The number of nitrogens with zero attached hydrogens (tertiary/aromatic N) is 3. The smallest absolute Gasteiger partial charge is 0.433 e. The van der Waals surface area contributed by atoms with Crippen LogP contribution >= 0.6 is 0 Å². The van der Waals surface area contributed by atoms with E-state index >= 15 is 0 Å². The molecule has 1 aliphatic heterocycles. The first-order chi connectivity index (χ1) is 14.3. The second-order valence-electron chi connectivity index (χ2n) is 6.51. The van der Waals surface area contributed by atoms with Gasteiger partial charge in [-0.05, 0) is 18.2 Å². The summed E-state index contributed by atoms with van der Waals surface area (Å²) in [6.45, 7) is -1.08. The van der Waals surface area contributed by atoms with Crippen molar-refractivity contribution in [1.82, 2.24) is 10.2 Å². The molecule has 1 fully saturated rings. The van der Waals surface area contributed by atoms with Crippen LogP contribution in [0.2, 0.25) is 0 Å². The van der Waals surface area contributed by atoms with E-state index in [1.165, 1.54) is 13.1 Å². The molecule has 1 aliphatic rings. The predicted molar refractivity (Wildman–Crippen MR) is 91.9 cm³/mol. The van der Waals surface area contributed by atoms with Crippen LogP contribution in [0.3, 0.4) is 0 Å². The zero-order chi connectivity index (χ0) is 23.6. The standard InChI is InChI=1S/C17H16F6N4O4/c1-26(15(29)30)5-4-25-13(28)12-8-27(14(31-12)17(21,22)23)10-3-2-9(7-24)11(6-10)16(18,19)20/h2-3,6,12,14H,4-5,8H2,1H3,(H,25,28)(H,29,30)/t12-,14+/m0/s1. The van der Waals surface area contributed by atoms with Gasteiger partial charge in [-0.1, -0.05) is 0 Å². The average Bonchev–Trinajstić information content (AvgIpc) is 3.12. The third kappa shape index (κ3) is 5.69. The highest BCUT2D eigenvalue weighted by atomic mass is 19.4. The van der Waals surface area contributed by atoms with Gasteiger partial charge in [0.05, 0.1) is 23.7 Å². The number of benzene rings is 1. The van der Waals surface area contributed by atoms with E-state index in [1.807, 2.05) is 0 Å². The van der Waals surface area contributed by atoms with E-state index in [9.17, 15) is 35.9 Å². The second-order valence-corrected chi connectivity index (χ2v) is 6.51. The van der Waals surface area contributed by atoms with Crippen LogP contribution in [0.25, 0.3) is 0 Å². The van der Waals surface area contributed by atoms with Crippen molar-refractivity contribution in [3.05, 3.63) is 29.3 Å². The maximum Gasteiger partial charge on any atom is 0.433 e. The minimum atomic E-state index is -5.04. The van der Waals surface area contributed by atoms with E-state index in [4.69, 9.17) is 15.1 Å². The Morgan fingerprint density at radius 1 is 1.32 bits per heavy atom. The summed E-state index contributed by atoms with van der Waals surface area (Å²) < 4.78 is 84.5. The Labute approximate surface area is 171 Å². The number of nitrogens with one attached hydrogen (secondary N) is 1. The number of hydrogen-bond acceptors (Lipinski definition) is 5. The third-order valence-corrected chi connectivity index (χ3v) is 4.34. The fourth-order valence-electron chi connectivity index (χ4n) is 2.79. The molecular weight excluding hydrogens is 438 g/mol. The largest absolute Gasteiger partial charge is 0.465 e. The minimum Gasteiger partial charge on any atom is -0.465 e. The number of ether oxygens (including phenoxy) is 1. The number of carbonyl (C=O) groups excluding carboxylic acids is 1. The third-order valence-electron chi connectivity index (χ3n) is 4.34. The summed E-state index contributed by atoms with van der Waals surface area (Å²) in [7, 11) is 1.21. The molecule has 170 valence electrons. The van der Waals surface area contributed by atoms with E-state index < -0.39 is 60.0 Å². The van der Waals surface area contributed by atoms with Gasteiger partial charge in [-0.3, -0.25) is 4.79 Å². The molecule has 8 nitrogen and oxygen atoms in total. The lowest BCUT2D eigenvalue weighted by molar-refractivity contribution is -0.213. The number of alkyl halides is 6. The van der Waals surface area contributed by atoms with Gasteiger partial charge in [0.25, 0.3) is 5.91 Å². The summed E-state index contributed by atoms with van der Waals surface area (Å²) in [6.07, 6.45) is -15.7. The van der Waals surface area contributed by atoms with Crippen LogP contribution < -0.4 is 10.2 Å². The number of carbonyl (C=O) groups is 2. The van der Waals surface area contributed by atoms with Crippen molar-refractivity contribution in [2.45, 2.75) is 24.7 Å². The Bertz CT molecular complexity index is 883. The summed E-state index contributed by atoms with van der Waals surface area (Å²) in [5.74, 6) is -0.986. The summed E-state index contributed by atoms with van der Waals surface area (Å²) in [6, 6.07) is 3.36. The van der Waals surface area contributed by atoms with Crippen LogP contribution in [-0.4, -0.2) is 67.2 Å². The normalized spacial score (nSPS) is 19.1. The molecule has 0 radical (unpaired) electrons. The number of anilines is 1. The molecule has 0 aliphatic carbocycles. The first-order valence-corrected chi connectivity index (χ1v) is 8.57. The maximum atomic E-state index is 13.4. The summed E-state index contributed by atoms with van der Waals surface area (Å²) in [4.78, 5) is 24.1. The van der Waals surface area contributed by atoms with Gasteiger partial charge >= 0.3 is 18.4 Å². The first-order valence-electron chi connectivity index (χ1n) is 8.57. The molecule has 14 heteroatoms. The van der Waals surface area contributed by atoms with Gasteiger partial charge in [0.2, 0.25) is 6.23 Å². The summed E-state index contributed by atoms with van der Waals surface area (Å²) in [5.41, 5.74) is -2.72. The monoisotopic (exact) mass is 454 g/mol. The quantitative estimate of drug-likeness (QED) is 0.662. The molecule has 1 aromatic rings. The van der Waals surface area contributed by atoms with Gasteiger partial charge in [-0.2, -0.15) is 31.6 Å². The number of likely N-dealkylation sites (N-methyl/N-ethyl adjacent to an activating group) is 1. The molecule has 1 heterocycles. The van der Waals surface area contributed by atoms with Crippen LogP contribution in [-0.2, 0) is 15.7 Å². The molecule has 31 heavy (non-hydrogen) atoms. The molecule has 2 rings (SSSR count). The molecule has 0 saturated carbocycles. The molecule has 2 N–H and O–H groups in total. The lowest BCUT2D eigenvalue weighted by Crippen LogP contribution is -2.42. The minimum absolute atomic E-state index is 0.148. The van der Waals surface area contributed by atoms with Crippen molar-refractivity contribution >= 4 is 17.7 Å². The molecule has 0 spiro atoms. The predicted octanol–water partition coefficient (Wildman–Crippen LogP) is 2.40. The van der Waals surface area contributed by atoms with Crippen LogP contribution in [0.15, 0.2) is 18.2 Å². The van der Waals surface area contributed by atoms with Crippen molar-refractivity contribution in [1.29, 1.82) is 5.26 Å². The highest BCUT2D eigenvalue weighted by Gasteiger charge is 2.52. The average molecular weight is 454 g/mol. The second kappa shape index (κ2) is 8.88. The highest BCUT2D eigenvalue weighted by molar-refractivity contribution is 5.82. The van der Waals surface area contributed by atoms with Gasteiger partial charge in [0.1, 0.15) is 0 Å². The van der Waals surface area contributed by atoms with Crippen molar-refractivity contribution < 1.29 is 45.8 Å². The lowest BCUT2D eigenvalue weighted by atomic mass is 10.1. The molecule has 1 aromatic carbocycles. The number of amides is 2. The van der Waals surface area contributed by atoms with Crippen LogP contribution in [0.4, 0.5) is 36.8 Å². The van der Waals surface area contributed by atoms with Gasteiger partial charge in [-0.15, -0.1) is 0 Å². The maximum absolute atomic E-state index is 13.4. The number of carboxylic acid groups (broad SMARTS) is 1. The van der Waals surface area contributed by atoms with Crippen LogP contribution in [0, 0.1) is 11.3 Å². The number of hydrogen-bond donors (Lipinski definition) is 2. The van der Waals surface area contributed by atoms with Gasteiger partial charge in [-0.25, -0.2) is 4.79 Å². The molecule has 0 aromatic heterocycles. The van der Waals surface area contributed by atoms with Crippen LogP contribution in [0.5, 0.6) is 0 Å². The Balaban J connectivity index is 2.24. The van der Waals surface area contributed by atoms with E-state index in [0.29, 0.717) is 11.0 Å². The van der Waals surface area contributed by atoms with Crippen molar-refractivity contribution in [2.24, 2.45) is 0 Å².